The molecule has 0 unspecified atom stereocenters. The largest absolute Gasteiger partial charge is 0.478 e. The first-order chi connectivity index (χ1) is 12.1. The lowest BCUT2D eigenvalue weighted by molar-refractivity contribution is 0.0697. The van der Waals surface area contributed by atoms with E-state index in [1.165, 1.54) is 30.3 Å². The molecule has 4 nitrogen and oxygen atoms in total. The Labute approximate surface area is 143 Å². The van der Waals surface area contributed by atoms with Crippen molar-refractivity contribution in [3.8, 4) is 11.1 Å². The summed E-state index contributed by atoms with van der Waals surface area (Å²) < 4.78 is 13.0. The lowest BCUT2D eigenvalue weighted by Gasteiger charge is -2.12. The van der Waals surface area contributed by atoms with Gasteiger partial charge in [-0.05, 0) is 47.5 Å². The number of hydrogen-bond donors (Lipinski definition) is 2. The Morgan fingerprint density at radius 2 is 1.28 bits per heavy atom. The van der Waals surface area contributed by atoms with Crippen LogP contribution in [0.15, 0.2) is 72.8 Å². The lowest BCUT2D eigenvalue weighted by Crippen LogP contribution is -2.13. The minimum absolute atomic E-state index is 0.115. The summed E-state index contributed by atoms with van der Waals surface area (Å²) in [6, 6.07) is 18.7. The standard InChI is InChI=1S/C20H14FNO3/c21-13-9-11-14(12-10-13)22-19(23)17-7-3-1-5-15(17)16-6-2-4-8-18(16)20(24)25/h1-12H,(H,22,23)(H,24,25). The summed E-state index contributed by atoms with van der Waals surface area (Å²) in [5, 5.41) is 12.1. The molecule has 0 aliphatic rings. The number of rotatable bonds is 4. The third kappa shape index (κ3) is 3.55. The average molecular weight is 335 g/mol. The van der Waals surface area contributed by atoms with Crippen LogP contribution in [0.3, 0.4) is 0 Å². The van der Waals surface area contributed by atoms with Crippen LogP contribution >= 0.6 is 0 Å². The van der Waals surface area contributed by atoms with Crippen LogP contribution in [0.1, 0.15) is 20.7 Å². The minimum Gasteiger partial charge on any atom is -0.478 e. The van der Waals surface area contributed by atoms with Crippen molar-refractivity contribution in [2.75, 3.05) is 5.32 Å². The van der Waals surface area contributed by atoms with Gasteiger partial charge in [0.05, 0.1) is 5.56 Å². The Bertz CT molecular complexity index is 936. The van der Waals surface area contributed by atoms with Crippen LogP contribution in [-0.4, -0.2) is 17.0 Å². The fourth-order valence-corrected chi connectivity index (χ4v) is 2.55. The van der Waals surface area contributed by atoms with E-state index in [1.807, 2.05) is 0 Å². The first kappa shape index (κ1) is 16.4. The van der Waals surface area contributed by atoms with E-state index in [1.54, 1.807) is 42.5 Å². The van der Waals surface area contributed by atoms with Crippen LogP contribution in [0.5, 0.6) is 0 Å². The number of carbonyl (C=O) groups excluding carboxylic acids is 1. The first-order valence-corrected chi connectivity index (χ1v) is 7.55. The molecule has 3 aromatic carbocycles. The molecule has 0 saturated heterocycles. The average Bonchev–Trinajstić information content (AvgIpc) is 2.63. The van der Waals surface area contributed by atoms with Gasteiger partial charge in [-0.2, -0.15) is 0 Å². The van der Waals surface area contributed by atoms with Crippen LogP contribution in [0.2, 0.25) is 0 Å². The predicted octanol–water partition coefficient (Wildman–Crippen LogP) is 4.44. The monoisotopic (exact) mass is 335 g/mol. The van der Waals surface area contributed by atoms with Crippen molar-refractivity contribution in [1.82, 2.24) is 0 Å². The molecule has 0 aliphatic heterocycles. The second-order valence-corrected chi connectivity index (χ2v) is 5.36. The molecule has 0 saturated carbocycles. The van der Waals surface area contributed by atoms with E-state index < -0.39 is 17.7 Å². The number of halogens is 1. The molecule has 0 atom stereocenters. The maximum absolute atomic E-state index is 13.0. The van der Waals surface area contributed by atoms with Crippen molar-refractivity contribution >= 4 is 17.6 Å². The highest BCUT2D eigenvalue weighted by atomic mass is 19.1. The Hall–Kier alpha value is -3.47. The summed E-state index contributed by atoms with van der Waals surface area (Å²) in [6.07, 6.45) is 0. The number of benzene rings is 3. The number of carboxylic acid groups (broad SMARTS) is 1. The molecule has 1 amide bonds. The lowest BCUT2D eigenvalue weighted by atomic mass is 9.95. The number of nitrogens with one attached hydrogen (secondary N) is 1. The fourth-order valence-electron chi connectivity index (χ4n) is 2.55. The normalized spacial score (nSPS) is 10.3. The van der Waals surface area contributed by atoms with E-state index in [2.05, 4.69) is 5.32 Å². The minimum atomic E-state index is -1.07. The molecule has 0 radical (unpaired) electrons. The molecule has 5 heteroatoms. The van der Waals surface area contributed by atoms with Gasteiger partial charge in [0, 0.05) is 11.3 Å². The number of aromatic carboxylic acids is 1. The van der Waals surface area contributed by atoms with Gasteiger partial charge in [-0.25, -0.2) is 9.18 Å². The smallest absolute Gasteiger partial charge is 0.336 e. The Balaban J connectivity index is 2.00. The number of carboxylic acids is 1. The highest BCUT2D eigenvalue weighted by Crippen LogP contribution is 2.28. The third-order valence-electron chi connectivity index (χ3n) is 3.72. The summed E-state index contributed by atoms with van der Waals surface area (Å²) >= 11 is 0. The van der Waals surface area contributed by atoms with Crippen molar-refractivity contribution in [3.63, 3.8) is 0 Å². The van der Waals surface area contributed by atoms with Crippen LogP contribution in [0.25, 0.3) is 11.1 Å². The molecule has 0 heterocycles. The molecule has 0 fully saturated rings. The van der Waals surface area contributed by atoms with Gasteiger partial charge in [0.25, 0.3) is 5.91 Å². The fraction of sp³-hybridized carbons (Fsp3) is 0. The highest BCUT2D eigenvalue weighted by Gasteiger charge is 2.17. The first-order valence-electron chi connectivity index (χ1n) is 7.55. The number of amides is 1. The van der Waals surface area contributed by atoms with E-state index >= 15 is 0 Å². The van der Waals surface area contributed by atoms with Gasteiger partial charge >= 0.3 is 5.97 Å². The van der Waals surface area contributed by atoms with Crippen LogP contribution in [0, 0.1) is 5.82 Å². The molecular weight excluding hydrogens is 321 g/mol. The Morgan fingerprint density at radius 3 is 1.88 bits per heavy atom. The molecule has 124 valence electrons. The molecule has 0 spiro atoms. The zero-order chi connectivity index (χ0) is 17.8. The van der Waals surface area contributed by atoms with E-state index in [4.69, 9.17) is 0 Å². The molecule has 25 heavy (non-hydrogen) atoms. The summed E-state index contributed by atoms with van der Waals surface area (Å²) in [6.45, 7) is 0. The summed E-state index contributed by atoms with van der Waals surface area (Å²) in [7, 11) is 0. The maximum Gasteiger partial charge on any atom is 0.336 e. The second-order valence-electron chi connectivity index (χ2n) is 5.36. The predicted molar refractivity (Wildman–Crippen MR) is 93.2 cm³/mol. The van der Waals surface area contributed by atoms with Crippen molar-refractivity contribution in [1.29, 1.82) is 0 Å². The van der Waals surface area contributed by atoms with Crippen LogP contribution in [0.4, 0.5) is 10.1 Å². The Morgan fingerprint density at radius 1 is 0.760 bits per heavy atom. The molecule has 3 aromatic rings. The second kappa shape index (κ2) is 6.97. The molecular formula is C20H14FNO3. The molecule has 0 aromatic heterocycles. The van der Waals surface area contributed by atoms with Gasteiger partial charge < -0.3 is 10.4 Å². The zero-order valence-electron chi connectivity index (χ0n) is 13.1. The van der Waals surface area contributed by atoms with Gasteiger partial charge in [-0.3, -0.25) is 4.79 Å². The van der Waals surface area contributed by atoms with Crippen LogP contribution < -0.4 is 5.32 Å². The van der Waals surface area contributed by atoms with E-state index in [-0.39, 0.29) is 5.56 Å². The topological polar surface area (TPSA) is 66.4 Å². The number of hydrogen-bond acceptors (Lipinski definition) is 2. The van der Waals surface area contributed by atoms with Gasteiger partial charge in [-0.1, -0.05) is 36.4 Å². The number of carbonyl (C=O) groups is 2. The summed E-state index contributed by atoms with van der Waals surface area (Å²) in [5.41, 5.74) is 1.87. The molecule has 0 aliphatic carbocycles. The molecule has 3 rings (SSSR count). The summed E-state index contributed by atoms with van der Waals surface area (Å²) in [5.74, 6) is -1.86. The zero-order valence-corrected chi connectivity index (χ0v) is 13.1. The number of anilines is 1. The quantitative estimate of drug-likeness (QED) is 0.740. The third-order valence-corrected chi connectivity index (χ3v) is 3.72. The van der Waals surface area contributed by atoms with Gasteiger partial charge in [0.2, 0.25) is 0 Å². The van der Waals surface area contributed by atoms with Crippen molar-refractivity contribution in [3.05, 3.63) is 89.7 Å². The van der Waals surface area contributed by atoms with Crippen molar-refractivity contribution < 1.29 is 19.1 Å². The molecule has 0 bridgehead atoms. The highest BCUT2D eigenvalue weighted by molar-refractivity contribution is 6.10. The SMILES string of the molecule is O=C(O)c1ccccc1-c1ccccc1C(=O)Nc1ccc(F)cc1. The van der Waals surface area contributed by atoms with Gasteiger partial charge in [-0.15, -0.1) is 0 Å². The van der Waals surface area contributed by atoms with Crippen molar-refractivity contribution in [2.24, 2.45) is 0 Å². The van der Waals surface area contributed by atoms with E-state index in [0.717, 1.165) is 0 Å². The van der Waals surface area contributed by atoms with E-state index in [9.17, 15) is 19.1 Å². The summed E-state index contributed by atoms with van der Waals surface area (Å²) in [4.78, 5) is 24.1. The van der Waals surface area contributed by atoms with Crippen molar-refractivity contribution in [2.45, 2.75) is 0 Å². The van der Waals surface area contributed by atoms with Crippen LogP contribution in [-0.2, 0) is 0 Å². The van der Waals surface area contributed by atoms with Gasteiger partial charge in [0.1, 0.15) is 5.82 Å². The van der Waals surface area contributed by atoms with E-state index in [0.29, 0.717) is 22.4 Å². The molecule has 2 N–H and O–H groups in total. The van der Waals surface area contributed by atoms with Gasteiger partial charge in [0.15, 0.2) is 0 Å². The maximum atomic E-state index is 13.0. The Kier molecular flexibility index (Phi) is 4.57.